The SMILES string of the molecule is O=C(CCc1ncc(-c2ccc(F)cc2F)o1)NCc1cccc(NC(=O)Cn2cccn2)c1. The van der Waals surface area contributed by atoms with E-state index in [1.165, 1.54) is 16.9 Å². The Balaban J connectivity index is 1.25. The van der Waals surface area contributed by atoms with Gasteiger partial charge in [-0.05, 0) is 35.9 Å². The molecular weight excluding hydrogens is 444 g/mol. The average Bonchev–Trinajstić information content (AvgIpc) is 3.49. The van der Waals surface area contributed by atoms with E-state index >= 15 is 0 Å². The fourth-order valence-corrected chi connectivity index (χ4v) is 3.25. The van der Waals surface area contributed by atoms with Gasteiger partial charge in [-0.3, -0.25) is 14.3 Å². The lowest BCUT2D eigenvalue weighted by atomic mass is 10.2. The van der Waals surface area contributed by atoms with Crippen LogP contribution in [-0.4, -0.2) is 26.6 Å². The number of oxazole rings is 1. The van der Waals surface area contributed by atoms with Crippen LogP contribution in [0.1, 0.15) is 17.9 Å². The molecule has 2 heterocycles. The predicted molar refractivity (Wildman–Crippen MR) is 119 cm³/mol. The van der Waals surface area contributed by atoms with E-state index in [1.54, 1.807) is 36.7 Å². The maximum Gasteiger partial charge on any atom is 0.246 e. The van der Waals surface area contributed by atoms with E-state index in [0.29, 0.717) is 5.69 Å². The van der Waals surface area contributed by atoms with Crippen LogP contribution in [0.25, 0.3) is 11.3 Å². The first-order valence-electron chi connectivity index (χ1n) is 10.5. The van der Waals surface area contributed by atoms with E-state index in [4.69, 9.17) is 4.42 Å². The smallest absolute Gasteiger partial charge is 0.246 e. The molecule has 0 fully saturated rings. The molecule has 0 radical (unpaired) electrons. The minimum absolute atomic E-state index is 0.0983. The first-order chi connectivity index (χ1) is 16.5. The quantitative estimate of drug-likeness (QED) is 0.392. The number of benzene rings is 2. The number of amides is 2. The van der Waals surface area contributed by atoms with Crippen molar-refractivity contribution in [3.8, 4) is 11.3 Å². The average molecular weight is 465 g/mol. The second-order valence-electron chi connectivity index (χ2n) is 7.47. The van der Waals surface area contributed by atoms with Crippen molar-refractivity contribution in [3.63, 3.8) is 0 Å². The maximum atomic E-state index is 13.9. The van der Waals surface area contributed by atoms with Crippen molar-refractivity contribution in [1.82, 2.24) is 20.1 Å². The lowest BCUT2D eigenvalue weighted by Gasteiger charge is -2.09. The van der Waals surface area contributed by atoms with Gasteiger partial charge in [0.2, 0.25) is 11.8 Å². The lowest BCUT2D eigenvalue weighted by molar-refractivity contribution is -0.121. The molecule has 0 bridgehead atoms. The minimum Gasteiger partial charge on any atom is -0.441 e. The normalized spacial score (nSPS) is 10.8. The van der Waals surface area contributed by atoms with Crippen LogP contribution in [0, 0.1) is 11.6 Å². The summed E-state index contributed by atoms with van der Waals surface area (Å²) in [5, 5.41) is 9.59. The van der Waals surface area contributed by atoms with Crippen LogP contribution in [0.15, 0.2) is 71.5 Å². The van der Waals surface area contributed by atoms with Gasteiger partial charge < -0.3 is 15.1 Å². The van der Waals surface area contributed by atoms with Crippen molar-refractivity contribution in [2.24, 2.45) is 0 Å². The number of rotatable bonds is 9. The summed E-state index contributed by atoms with van der Waals surface area (Å²) < 4.78 is 34.0. The van der Waals surface area contributed by atoms with Gasteiger partial charge in [-0.15, -0.1) is 0 Å². The largest absolute Gasteiger partial charge is 0.441 e. The lowest BCUT2D eigenvalue weighted by Crippen LogP contribution is -2.23. The van der Waals surface area contributed by atoms with Crippen molar-refractivity contribution in [2.75, 3.05) is 5.32 Å². The molecule has 2 aromatic carbocycles. The van der Waals surface area contributed by atoms with Crippen LogP contribution < -0.4 is 10.6 Å². The monoisotopic (exact) mass is 465 g/mol. The zero-order chi connectivity index (χ0) is 23.9. The summed E-state index contributed by atoms with van der Waals surface area (Å²) >= 11 is 0. The van der Waals surface area contributed by atoms with Crippen LogP contribution in [0.3, 0.4) is 0 Å². The Morgan fingerprint density at radius 3 is 2.74 bits per heavy atom. The number of carbonyl (C=O) groups is 2. The first-order valence-corrected chi connectivity index (χ1v) is 10.5. The van der Waals surface area contributed by atoms with Gasteiger partial charge in [0, 0.05) is 43.5 Å². The van der Waals surface area contributed by atoms with E-state index in [0.717, 1.165) is 17.7 Å². The van der Waals surface area contributed by atoms with Crippen LogP contribution in [0.5, 0.6) is 0 Å². The molecule has 0 spiro atoms. The summed E-state index contributed by atoms with van der Waals surface area (Å²) in [4.78, 5) is 28.4. The molecule has 0 aliphatic heterocycles. The zero-order valence-electron chi connectivity index (χ0n) is 18.0. The first kappa shape index (κ1) is 22.8. The summed E-state index contributed by atoms with van der Waals surface area (Å²) in [7, 11) is 0. The second-order valence-corrected chi connectivity index (χ2v) is 7.47. The van der Waals surface area contributed by atoms with E-state index in [9.17, 15) is 18.4 Å². The third-order valence-corrected chi connectivity index (χ3v) is 4.88. The highest BCUT2D eigenvalue weighted by atomic mass is 19.1. The molecule has 0 unspecified atom stereocenters. The van der Waals surface area contributed by atoms with Gasteiger partial charge in [-0.2, -0.15) is 5.10 Å². The maximum absolute atomic E-state index is 13.9. The minimum atomic E-state index is -0.750. The van der Waals surface area contributed by atoms with Crippen LogP contribution in [0.4, 0.5) is 14.5 Å². The topological polar surface area (TPSA) is 102 Å². The molecule has 0 atom stereocenters. The second kappa shape index (κ2) is 10.5. The van der Waals surface area contributed by atoms with Crippen molar-refractivity contribution >= 4 is 17.5 Å². The molecule has 4 aromatic rings. The molecule has 0 aliphatic rings. The van der Waals surface area contributed by atoms with Crippen LogP contribution in [0.2, 0.25) is 0 Å². The Labute approximate surface area is 193 Å². The summed E-state index contributed by atoms with van der Waals surface area (Å²) in [5.41, 5.74) is 1.53. The van der Waals surface area contributed by atoms with Crippen molar-refractivity contribution < 1.29 is 22.8 Å². The highest BCUT2D eigenvalue weighted by Crippen LogP contribution is 2.24. The molecule has 2 N–H and O–H groups in total. The fourth-order valence-electron chi connectivity index (χ4n) is 3.25. The third kappa shape index (κ3) is 6.12. The summed E-state index contributed by atoms with van der Waals surface area (Å²) in [5.74, 6) is -1.42. The molecule has 0 saturated heterocycles. The fraction of sp³-hybridized carbons (Fsp3) is 0.167. The van der Waals surface area contributed by atoms with Gasteiger partial charge in [0.05, 0.1) is 11.8 Å². The number of aromatic nitrogens is 3. The number of aryl methyl sites for hydroxylation is 1. The van der Waals surface area contributed by atoms with E-state index in [2.05, 4.69) is 20.7 Å². The number of anilines is 1. The van der Waals surface area contributed by atoms with Crippen molar-refractivity contribution in [2.45, 2.75) is 25.9 Å². The van der Waals surface area contributed by atoms with Crippen molar-refractivity contribution in [1.29, 1.82) is 0 Å². The van der Waals surface area contributed by atoms with Gasteiger partial charge in [0.1, 0.15) is 18.2 Å². The third-order valence-electron chi connectivity index (χ3n) is 4.88. The van der Waals surface area contributed by atoms with Crippen LogP contribution >= 0.6 is 0 Å². The molecule has 4 rings (SSSR count). The predicted octanol–water partition coefficient (Wildman–Crippen LogP) is 3.70. The summed E-state index contributed by atoms with van der Waals surface area (Å²) in [6.07, 6.45) is 4.98. The zero-order valence-corrected chi connectivity index (χ0v) is 18.0. The summed E-state index contributed by atoms with van der Waals surface area (Å²) in [6, 6.07) is 12.1. The van der Waals surface area contributed by atoms with Gasteiger partial charge in [0.25, 0.3) is 0 Å². The van der Waals surface area contributed by atoms with Crippen molar-refractivity contribution in [3.05, 3.63) is 90.2 Å². The Hall–Kier alpha value is -4.34. The Morgan fingerprint density at radius 1 is 1.06 bits per heavy atom. The number of halogens is 2. The van der Waals surface area contributed by atoms with Gasteiger partial charge in [-0.1, -0.05) is 12.1 Å². The Kier molecular flexibility index (Phi) is 7.07. The molecule has 2 aromatic heterocycles. The molecule has 0 saturated carbocycles. The number of hydrogen-bond donors (Lipinski definition) is 2. The number of hydrogen-bond acceptors (Lipinski definition) is 5. The highest BCUT2D eigenvalue weighted by molar-refractivity contribution is 5.90. The van der Waals surface area contributed by atoms with E-state index in [1.807, 2.05) is 6.07 Å². The van der Waals surface area contributed by atoms with E-state index in [-0.39, 0.29) is 55.0 Å². The molecule has 8 nitrogen and oxygen atoms in total. The molecule has 0 aliphatic carbocycles. The van der Waals surface area contributed by atoms with Gasteiger partial charge in [-0.25, -0.2) is 13.8 Å². The molecular formula is C24H21F2N5O3. The van der Waals surface area contributed by atoms with E-state index < -0.39 is 11.6 Å². The Bertz CT molecular complexity index is 1290. The molecule has 174 valence electrons. The summed E-state index contributed by atoms with van der Waals surface area (Å²) in [6.45, 7) is 0.379. The number of nitrogens with one attached hydrogen (secondary N) is 2. The molecule has 34 heavy (non-hydrogen) atoms. The highest BCUT2D eigenvalue weighted by Gasteiger charge is 2.13. The molecule has 2 amide bonds. The number of carbonyl (C=O) groups excluding carboxylic acids is 2. The van der Waals surface area contributed by atoms with Gasteiger partial charge in [0.15, 0.2) is 11.7 Å². The molecule has 10 heteroatoms. The standard InChI is InChI=1S/C24H21F2N5O3/c25-17-5-6-19(20(26)12-17)21-14-28-24(34-21)8-7-22(32)27-13-16-3-1-4-18(11-16)30-23(33)15-31-10-2-9-29-31/h1-6,9-12,14H,7-8,13,15H2,(H,27,32)(H,30,33). The van der Waals surface area contributed by atoms with Crippen LogP contribution in [-0.2, 0) is 29.1 Å². The van der Waals surface area contributed by atoms with Gasteiger partial charge >= 0.3 is 0 Å². The number of nitrogens with zero attached hydrogens (tertiary/aromatic N) is 3. The Morgan fingerprint density at radius 2 is 1.94 bits per heavy atom.